The second-order valence-electron chi connectivity index (χ2n) is 4.26. The Bertz CT molecular complexity index is 470. The molecule has 3 heteroatoms. The Morgan fingerprint density at radius 3 is 1.95 bits per heavy atom. The number of methoxy groups -OCH3 is 1. The first-order chi connectivity index (χ1) is 9.33. The van der Waals surface area contributed by atoms with Crippen LogP contribution in [0.15, 0.2) is 60.7 Å². The summed E-state index contributed by atoms with van der Waals surface area (Å²) in [4.78, 5) is 0. The van der Waals surface area contributed by atoms with E-state index in [1.807, 2.05) is 60.7 Å². The molecule has 2 atom stereocenters. The van der Waals surface area contributed by atoms with Gasteiger partial charge >= 0.3 is 0 Å². The monoisotopic (exact) mass is 258 g/mol. The van der Waals surface area contributed by atoms with Gasteiger partial charge in [0.15, 0.2) is 0 Å². The highest BCUT2D eigenvalue weighted by Crippen LogP contribution is 2.31. The maximum atomic E-state index is 10.5. The zero-order valence-corrected chi connectivity index (χ0v) is 10.9. The van der Waals surface area contributed by atoms with Crippen molar-refractivity contribution < 1.29 is 14.6 Å². The average Bonchev–Trinajstić information content (AvgIpc) is 2.49. The summed E-state index contributed by atoms with van der Waals surface area (Å²) in [6.07, 6.45) is -1.16. The molecule has 0 radical (unpaired) electrons. The highest BCUT2D eigenvalue weighted by atomic mass is 16.7. The minimum Gasteiger partial charge on any atom is -0.385 e. The summed E-state index contributed by atoms with van der Waals surface area (Å²) in [5, 5.41) is 10.5. The summed E-state index contributed by atoms with van der Waals surface area (Å²) in [7, 11) is 1.57. The minimum atomic E-state index is -0.723. The summed E-state index contributed by atoms with van der Waals surface area (Å²) in [6.45, 7) is 0.142. The zero-order chi connectivity index (χ0) is 13.5. The number of aliphatic hydroxyl groups excluding tert-OH is 1. The Labute approximate surface area is 113 Å². The fourth-order valence-corrected chi connectivity index (χ4v) is 1.98. The molecule has 2 aromatic carbocycles. The van der Waals surface area contributed by atoms with E-state index in [0.29, 0.717) is 0 Å². The van der Waals surface area contributed by atoms with Gasteiger partial charge in [0.2, 0.25) is 0 Å². The molecule has 0 saturated heterocycles. The van der Waals surface area contributed by atoms with E-state index < -0.39 is 12.2 Å². The normalized spacial score (nSPS) is 14.0. The Hall–Kier alpha value is -1.68. The fourth-order valence-electron chi connectivity index (χ4n) is 1.98. The van der Waals surface area contributed by atoms with E-state index in [0.717, 1.165) is 11.1 Å². The van der Waals surface area contributed by atoms with Crippen molar-refractivity contribution >= 4 is 0 Å². The lowest BCUT2D eigenvalue weighted by Gasteiger charge is -2.23. The van der Waals surface area contributed by atoms with Crippen molar-refractivity contribution in [3.05, 3.63) is 71.8 Å². The lowest BCUT2D eigenvalue weighted by atomic mass is 9.98. The van der Waals surface area contributed by atoms with Crippen molar-refractivity contribution in [1.82, 2.24) is 0 Å². The van der Waals surface area contributed by atoms with Gasteiger partial charge in [-0.2, -0.15) is 0 Å². The largest absolute Gasteiger partial charge is 0.385 e. The summed E-state index contributed by atoms with van der Waals surface area (Å²) in [5.41, 5.74) is 1.75. The molecule has 0 aliphatic heterocycles. The second-order valence-corrected chi connectivity index (χ2v) is 4.26. The standard InChI is InChI=1S/C16H18O3/c1-18-12-19-16(14-10-6-3-7-11-14)15(17)13-8-4-2-5-9-13/h2-11,15-17H,12H2,1H3/t15-,16-/m0/s1. The third-order valence-electron chi connectivity index (χ3n) is 2.92. The van der Waals surface area contributed by atoms with E-state index in [4.69, 9.17) is 9.47 Å². The zero-order valence-electron chi connectivity index (χ0n) is 10.9. The number of ether oxygens (including phenoxy) is 2. The fraction of sp³-hybridized carbons (Fsp3) is 0.250. The molecule has 0 aliphatic rings. The van der Waals surface area contributed by atoms with Crippen LogP contribution in [0.5, 0.6) is 0 Å². The van der Waals surface area contributed by atoms with Gasteiger partial charge in [-0.3, -0.25) is 0 Å². The van der Waals surface area contributed by atoms with Crippen LogP contribution in [0.25, 0.3) is 0 Å². The predicted octanol–water partition coefficient (Wildman–Crippen LogP) is 3.08. The van der Waals surface area contributed by atoms with Gasteiger partial charge in [-0.15, -0.1) is 0 Å². The van der Waals surface area contributed by atoms with Gasteiger partial charge in [-0.1, -0.05) is 60.7 Å². The molecule has 19 heavy (non-hydrogen) atoms. The smallest absolute Gasteiger partial charge is 0.147 e. The van der Waals surface area contributed by atoms with E-state index in [1.165, 1.54) is 0 Å². The number of aliphatic hydroxyl groups is 1. The SMILES string of the molecule is COCO[C@@H](c1ccccc1)[C@@H](O)c1ccccc1. The van der Waals surface area contributed by atoms with Crippen LogP contribution < -0.4 is 0 Å². The van der Waals surface area contributed by atoms with Crippen LogP contribution in [-0.2, 0) is 9.47 Å². The Kier molecular flexibility index (Phi) is 5.10. The van der Waals surface area contributed by atoms with Gasteiger partial charge < -0.3 is 14.6 Å². The molecule has 0 amide bonds. The van der Waals surface area contributed by atoms with Crippen LogP contribution in [0.4, 0.5) is 0 Å². The van der Waals surface area contributed by atoms with Gasteiger partial charge in [0.05, 0.1) is 0 Å². The second kappa shape index (κ2) is 7.04. The summed E-state index contributed by atoms with van der Waals surface area (Å²) in [5.74, 6) is 0. The minimum absolute atomic E-state index is 0.142. The van der Waals surface area contributed by atoms with Crippen molar-refractivity contribution in [3.63, 3.8) is 0 Å². The van der Waals surface area contributed by atoms with E-state index in [-0.39, 0.29) is 6.79 Å². The van der Waals surface area contributed by atoms with Crippen molar-refractivity contribution in [2.24, 2.45) is 0 Å². The first-order valence-corrected chi connectivity index (χ1v) is 6.21. The lowest BCUT2D eigenvalue weighted by molar-refractivity contribution is -0.116. The van der Waals surface area contributed by atoms with Gasteiger partial charge in [-0.05, 0) is 11.1 Å². The molecule has 3 nitrogen and oxygen atoms in total. The maximum absolute atomic E-state index is 10.5. The molecular weight excluding hydrogens is 240 g/mol. The van der Waals surface area contributed by atoms with Gasteiger partial charge in [-0.25, -0.2) is 0 Å². The van der Waals surface area contributed by atoms with Crippen molar-refractivity contribution in [1.29, 1.82) is 0 Å². The summed E-state index contributed by atoms with van der Waals surface area (Å²) in [6, 6.07) is 19.2. The molecule has 2 aromatic rings. The summed E-state index contributed by atoms with van der Waals surface area (Å²) >= 11 is 0. The number of benzene rings is 2. The molecule has 2 rings (SSSR count). The molecule has 1 N–H and O–H groups in total. The average molecular weight is 258 g/mol. The van der Waals surface area contributed by atoms with E-state index >= 15 is 0 Å². The number of hydrogen-bond acceptors (Lipinski definition) is 3. The van der Waals surface area contributed by atoms with Gasteiger partial charge in [0, 0.05) is 7.11 Å². The van der Waals surface area contributed by atoms with E-state index in [9.17, 15) is 5.11 Å². The van der Waals surface area contributed by atoms with Crippen LogP contribution >= 0.6 is 0 Å². The third kappa shape index (κ3) is 3.64. The number of hydrogen-bond donors (Lipinski definition) is 1. The van der Waals surface area contributed by atoms with Gasteiger partial charge in [0.25, 0.3) is 0 Å². The molecule has 0 saturated carbocycles. The van der Waals surface area contributed by atoms with Crippen molar-refractivity contribution in [2.45, 2.75) is 12.2 Å². The summed E-state index contributed by atoms with van der Waals surface area (Å²) < 4.78 is 10.6. The topological polar surface area (TPSA) is 38.7 Å². The molecule has 100 valence electrons. The van der Waals surface area contributed by atoms with E-state index in [2.05, 4.69) is 0 Å². The Morgan fingerprint density at radius 2 is 1.42 bits per heavy atom. The van der Waals surface area contributed by atoms with E-state index in [1.54, 1.807) is 7.11 Å². The van der Waals surface area contributed by atoms with Crippen molar-refractivity contribution in [2.75, 3.05) is 13.9 Å². The van der Waals surface area contributed by atoms with Crippen LogP contribution in [0.1, 0.15) is 23.3 Å². The first-order valence-electron chi connectivity index (χ1n) is 6.21. The lowest BCUT2D eigenvalue weighted by Crippen LogP contribution is -2.15. The quantitative estimate of drug-likeness (QED) is 0.809. The van der Waals surface area contributed by atoms with Crippen molar-refractivity contribution in [3.8, 4) is 0 Å². The van der Waals surface area contributed by atoms with Gasteiger partial charge in [0.1, 0.15) is 19.0 Å². The molecule has 0 heterocycles. The van der Waals surface area contributed by atoms with Crippen LogP contribution in [0.3, 0.4) is 0 Å². The molecule has 0 aromatic heterocycles. The molecular formula is C16H18O3. The molecule has 0 unspecified atom stereocenters. The molecule has 0 bridgehead atoms. The Morgan fingerprint density at radius 1 is 0.895 bits per heavy atom. The van der Waals surface area contributed by atoms with Crippen LogP contribution in [-0.4, -0.2) is 19.0 Å². The highest BCUT2D eigenvalue weighted by molar-refractivity contribution is 5.24. The molecule has 0 fully saturated rings. The predicted molar refractivity (Wildman–Crippen MR) is 73.5 cm³/mol. The number of rotatable bonds is 6. The molecule has 0 spiro atoms. The van der Waals surface area contributed by atoms with Crippen LogP contribution in [0.2, 0.25) is 0 Å². The molecule has 0 aliphatic carbocycles. The van der Waals surface area contributed by atoms with Crippen LogP contribution in [0, 0.1) is 0 Å². The third-order valence-corrected chi connectivity index (χ3v) is 2.92. The Balaban J connectivity index is 2.22. The maximum Gasteiger partial charge on any atom is 0.147 e. The highest BCUT2D eigenvalue weighted by Gasteiger charge is 2.23. The first kappa shape index (κ1) is 13.7.